The monoisotopic (exact) mass is 228 g/mol. The molecule has 0 aromatic carbocycles. The number of rotatable bonds is 5. The van der Waals surface area contributed by atoms with Gasteiger partial charge in [-0.3, -0.25) is 9.59 Å². The van der Waals surface area contributed by atoms with Gasteiger partial charge in [-0.1, -0.05) is 0 Å². The van der Waals surface area contributed by atoms with Crippen LogP contribution in [0.4, 0.5) is 0 Å². The summed E-state index contributed by atoms with van der Waals surface area (Å²) in [4.78, 5) is 33.1. The van der Waals surface area contributed by atoms with Crippen molar-refractivity contribution in [3.8, 4) is 0 Å². The van der Waals surface area contributed by atoms with Crippen LogP contribution in [0, 0.1) is 0 Å². The van der Waals surface area contributed by atoms with Gasteiger partial charge in [0.05, 0.1) is 6.54 Å². The van der Waals surface area contributed by atoms with E-state index in [4.69, 9.17) is 0 Å². The van der Waals surface area contributed by atoms with Gasteiger partial charge in [0.2, 0.25) is 11.8 Å². The van der Waals surface area contributed by atoms with Crippen LogP contribution >= 0.6 is 0 Å². The highest BCUT2D eigenvalue weighted by molar-refractivity contribution is 5.87. The van der Waals surface area contributed by atoms with Gasteiger partial charge >= 0.3 is 0 Å². The molecule has 0 spiro atoms. The Kier molecular flexibility index (Phi) is 5.71. The first-order chi connectivity index (χ1) is 7.20. The normalized spacial score (nSPS) is 10.8. The van der Waals surface area contributed by atoms with Gasteiger partial charge < -0.3 is 15.4 Å². The van der Waals surface area contributed by atoms with Crippen molar-refractivity contribution in [3.63, 3.8) is 0 Å². The third kappa shape index (κ3) is 9.18. The maximum Gasteiger partial charge on any atom is 0.239 e. The van der Waals surface area contributed by atoms with Crippen LogP contribution in [0.1, 0.15) is 40.5 Å². The summed E-state index contributed by atoms with van der Waals surface area (Å²) in [5.74, 6) is -0.544. The molecule has 0 fully saturated rings. The molecule has 0 aliphatic rings. The Morgan fingerprint density at radius 1 is 1.00 bits per heavy atom. The number of carbonyl (C=O) groups excluding carboxylic acids is 3. The second-order valence-electron chi connectivity index (χ2n) is 4.78. The first-order valence-electron chi connectivity index (χ1n) is 5.28. The Hall–Kier alpha value is -1.39. The fourth-order valence-corrected chi connectivity index (χ4v) is 1.02. The molecule has 92 valence electrons. The van der Waals surface area contributed by atoms with Crippen LogP contribution in [-0.4, -0.2) is 29.7 Å². The van der Waals surface area contributed by atoms with E-state index in [0.717, 1.165) is 0 Å². The van der Waals surface area contributed by atoms with Crippen molar-refractivity contribution in [2.24, 2.45) is 0 Å². The minimum Gasteiger partial charge on any atom is -0.350 e. The zero-order valence-electron chi connectivity index (χ0n) is 10.3. The van der Waals surface area contributed by atoms with Gasteiger partial charge in [0, 0.05) is 18.4 Å². The van der Waals surface area contributed by atoms with E-state index in [9.17, 15) is 14.4 Å². The zero-order valence-corrected chi connectivity index (χ0v) is 10.3. The maximum absolute atomic E-state index is 11.3. The number of hydrogen-bond donors (Lipinski definition) is 2. The first-order valence-corrected chi connectivity index (χ1v) is 5.28. The lowest BCUT2D eigenvalue weighted by atomic mass is 10.1. The lowest BCUT2D eigenvalue weighted by molar-refractivity contribution is -0.127. The van der Waals surface area contributed by atoms with Crippen molar-refractivity contribution in [3.05, 3.63) is 0 Å². The standard InChI is InChI=1S/C11H20N2O3/c1-8(14)5-6-9(15)12-7-10(16)13-11(2,3)4/h5-7H2,1-4H3,(H,12,15)(H,13,16). The summed E-state index contributed by atoms with van der Waals surface area (Å²) in [7, 11) is 0. The maximum atomic E-state index is 11.3. The van der Waals surface area contributed by atoms with Crippen LogP contribution in [0.5, 0.6) is 0 Å². The van der Waals surface area contributed by atoms with Gasteiger partial charge in [0.25, 0.3) is 0 Å². The van der Waals surface area contributed by atoms with Gasteiger partial charge in [0.15, 0.2) is 0 Å². The molecule has 0 bridgehead atoms. The van der Waals surface area contributed by atoms with Crippen molar-refractivity contribution in [2.75, 3.05) is 6.54 Å². The van der Waals surface area contributed by atoms with E-state index in [1.165, 1.54) is 6.92 Å². The lowest BCUT2D eigenvalue weighted by Gasteiger charge is -2.20. The minimum atomic E-state index is -0.304. The average molecular weight is 228 g/mol. The summed E-state index contributed by atoms with van der Waals surface area (Å²) in [6.07, 6.45) is 0.352. The van der Waals surface area contributed by atoms with Crippen molar-refractivity contribution < 1.29 is 14.4 Å². The van der Waals surface area contributed by atoms with Crippen LogP contribution in [0.2, 0.25) is 0 Å². The quantitative estimate of drug-likeness (QED) is 0.714. The van der Waals surface area contributed by atoms with Crippen molar-refractivity contribution >= 4 is 17.6 Å². The van der Waals surface area contributed by atoms with Crippen molar-refractivity contribution in [1.29, 1.82) is 0 Å². The molecule has 0 aromatic heterocycles. The Balaban J connectivity index is 3.76. The Labute approximate surface area is 96.0 Å². The summed E-state index contributed by atoms with van der Waals surface area (Å²) in [5.41, 5.74) is -0.304. The van der Waals surface area contributed by atoms with Gasteiger partial charge in [-0.25, -0.2) is 0 Å². The number of hydrogen-bond acceptors (Lipinski definition) is 3. The molecule has 0 unspecified atom stereocenters. The van der Waals surface area contributed by atoms with E-state index < -0.39 is 0 Å². The molecule has 0 aromatic rings. The molecule has 0 heterocycles. The lowest BCUT2D eigenvalue weighted by Crippen LogP contribution is -2.45. The zero-order chi connectivity index (χ0) is 12.8. The minimum absolute atomic E-state index is 0.0331. The number of ketones is 1. The van der Waals surface area contributed by atoms with E-state index in [1.807, 2.05) is 20.8 Å². The summed E-state index contributed by atoms with van der Waals surface area (Å²) in [6, 6.07) is 0. The SMILES string of the molecule is CC(=O)CCC(=O)NCC(=O)NC(C)(C)C. The second-order valence-corrected chi connectivity index (χ2v) is 4.78. The average Bonchev–Trinajstić information content (AvgIpc) is 2.08. The van der Waals surface area contributed by atoms with Crippen molar-refractivity contribution in [1.82, 2.24) is 10.6 Å². The predicted octanol–water partition coefficient (Wildman–Crippen LogP) is 0.386. The third-order valence-electron chi connectivity index (χ3n) is 1.66. The fourth-order valence-electron chi connectivity index (χ4n) is 1.02. The molecule has 5 heteroatoms. The molecular weight excluding hydrogens is 208 g/mol. The molecule has 0 radical (unpaired) electrons. The molecular formula is C11H20N2O3. The molecule has 0 saturated carbocycles. The molecule has 0 atom stereocenters. The van der Waals surface area contributed by atoms with Crippen LogP contribution < -0.4 is 10.6 Å². The van der Waals surface area contributed by atoms with E-state index in [1.54, 1.807) is 0 Å². The van der Waals surface area contributed by atoms with Gasteiger partial charge in [-0.15, -0.1) is 0 Å². The highest BCUT2D eigenvalue weighted by atomic mass is 16.2. The summed E-state index contributed by atoms with van der Waals surface area (Å²) < 4.78 is 0. The number of Topliss-reactive ketones (excluding diaryl/α,β-unsaturated/α-hetero) is 1. The molecule has 5 nitrogen and oxygen atoms in total. The van der Waals surface area contributed by atoms with E-state index in [-0.39, 0.29) is 42.5 Å². The van der Waals surface area contributed by atoms with E-state index in [0.29, 0.717) is 0 Å². The molecule has 16 heavy (non-hydrogen) atoms. The molecule has 0 aliphatic carbocycles. The van der Waals surface area contributed by atoms with Crippen LogP contribution in [0.3, 0.4) is 0 Å². The van der Waals surface area contributed by atoms with Gasteiger partial charge in [-0.2, -0.15) is 0 Å². The fraction of sp³-hybridized carbons (Fsp3) is 0.727. The summed E-state index contributed by atoms with van der Waals surface area (Å²) in [5, 5.41) is 5.18. The summed E-state index contributed by atoms with van der Waals surface area (Å²) >= 11 is 0. The van der Waals surface area contributed by atoms with E-state index in [2.05, 4.69) is 10.6 Å². The second kappa shape index (κ2) is 6.25. The predicted molar refractivity (Wildman–Crippen MR) is 60.8 cm³/mol. The Bertz CT molecular complexity index is 279. The van der Waals surface area contributed by atoms with Crippen molar-refractivity contribution in [2.45, 2.75) is 46.1 Å². The molecule has 0 saturated heterocycles. The molecule has 2 amide bonds. The largest absolute Gasteiger partial charge is 0.350 e. The van der Waals surface area contributed by atoms with Crippen LogP contribution in [0.25, 0.3) is 0 Å². The topological polar surface area (TPSA) is 75.3 Å². The highest BCUT2D eigenvalue weighted by Gasteiger charge is 2.14. The van der Waals surface area contributed by atoms with Gasteiger partial charge in [0.1, 0.15) is 5.78 Å². The highest BCUT2D eigenvalue weighted by Crippen LogP contribution is 1.97. The van der Waals surface area contributed by atoms with Gasteiger partial charge in [-0.05, 0) is 27.7 Å². The number of amides is 2. The smallest absolute Gasteiger partial charge is 0.239 e. The molecule has 2 N–H and O–H groups in total. The molecule has 0 aliphatic heterocycles. The number of carbonyl (C=O) groups is 3. The Morgan fingerprint density at radius 3 is 2.00 bits per heavy atom. The molecule has 0 rings (SSSR count). The van der Waals surface area contributed by atoms with E-state index >= 15 is 0 Å². The summed E-state index contributed by atoms with van der Waals surface area (Å²) in [6.45, 7) is 6.97. The third-order valence-corrected chi connectivity index (χ3v) is 1.66. The van der Waals surface area contributed by atoms with Crippen LogP contribution in [0.15, 0.2) is 0 Å². The van der Waals surface area contributed by atoms with Crippen LogP contribution in [-0.2, 0) is 14.4 Å². The number of nitrogens with one attached hydrogen (secondary N) is 2. The Morgan fingerprint density at radius 2 is 1.56 bits per heavy atom. The first kappa shape index (κ1) is 14.6.